The number of rotatable bonds is 4. The van der Waals surface area contributed by atoms with E-state index in [-0.39, 0.29) is 42.4 Å². The molecule has 0 radical (unpaired) electrons. The zero-order chi connectivity index (χ0) is 19.6. The predicted molar refractivity (Wildman–Crippen MR) is 95.1 cm³/mol. The van der Waals surface area contributed by atoms with E-state index in [0.717, 1.165) is 18.2 Å². The summed E-state index contributed by atoms with van der Waals surface area (Å²) in [5.41, 5.74) is -0.0582. The number of carbonyl (C=O) groups is 1. The van der Waals surface area contributed by atoms with Crippen LogP contribution in [-0.4, -0.2) is 44.9 Å². The Kier molecular flexibility index (Phi) is 5.54. The van der Waals surface area contributed by atoms with Crippen LogP contribution in [0.4, 0.5) is 14.5 Å². The summed E-state index contributed by atoms with van der Waals surface area (Å²) in [6, 6.07) is 7.16. The number of hydrogen-bond acceptors (Lipinski definition) is 4. The summed E-state index contributed by atoms with van der Waals surface area (Å²) in [4.78, 5) is 12.3. The SMILES string of the molecule is Cc1c(F)cccc1NC(=O)c1cc(S(=O)(=O)N2CCOCC2)ccc1F. The molecular weight excluding hydrogens is 378 g/mol. The molecule has 27 heavy (non-hydrogen) atoms. The van der Waals surface area contributed by atoms with Gasteiger partial charge in [-0.15, -0.1) is 0 Å². The smallest absolute Gasteiger partial charge is 0.258 e. The molecule has 0 atom stereocenters. The Bertz CT molecular complexity index is 973. The van der Waals surface area contributed by atoms with Gasteiger partial charge in [0.25, 0.3) is 5.91 Å². The lowest BCUT2D eigenvalue weighted by Crippen LogP contribution is -2.40. The number of benzene rings is 2. The van der Waals surface area contributed by atoms with Crippen molar-refractivity contribution >= 4 is 21.6 Å². The topological polar surface area (TPSA) is 75.7 Å². The Balaban J connectivity index is 1.91. The molecule has 3 rings (SSSR count). The number of hydrogen-bond donors (Lipinski definition) is 1. The van der Waals surface area contributed by atoms with Gasteiger partial charge in [-0.25, -0.2) is 17.2 Å². The molecule has 144 valence electrons. The number of nitrogens with zero attached hydrogens (tertiary/aromatic N) is 1. The number of carbonyl (C=O) groups excluding carboxylic acids is 1. The van der Waals surface area contributed by atoms with Gasteiger partial charge in [-0.05, 0) is 37.3 Å². The molecule has 1 N–H and O–H groups in total. The Morgan fingerprint density at radius 1 is 1.11 bits per heavy atom. The highest BCUT2D eigenvalue weighted by molar-refractivity contribution is 7.89. The van der Waals surface area contributed by atoms with E-state index in [1.54, 1.807) is 0 Å². The van der Waals surface area contributed by atoms with E-state index in [9.17, 15) is 22.0 Å². The van der Waals surface area contributed by atoms with Crippen LogP contribution in [0, 0.1) is 18.6 Å². The summed E-state index contributed by atoms with van der Waals surface area (Å²) in [5.74, 6) is -2.25. The van der Waals surface area contributed by atoms with Gasteiger partial charge in [-0.1, -0.05) is 6.07 Å². The molecule has 2 aromatic carbocycles. The summed E-state index contributed by atoms with van der Waals surface area (Å²) in [6.07, 6.45) is 0. The van der Waals surface area contributed by atoms with Crippen molar-refractivity contribution in [2.45, 2.75) is 11.8 Å². The van der Waals surface area contributed by atoms with Gasteiger partial charge in [0.1, 0.15) is 11.6 Å². The van der Waals surface area contributed by atoms with E-state index >= 15 is 0 Å². The quantitative estimate of drug-likeness (QED) is 0.862. The highest BCUT2D eigenvalue weighted by Crippen LogP contribution is 2.23. The molecule has 0 aliphatic carbocycles. The second-order valence-electron chi connectivity index (χ2n) is 6.02. The van der Waals surface area contributed by atoms with E-state index in [2.05, 4.69) is 5.32 Å². The van der Waals surface area contributed by atoms with Crippen molar-refractivity contribution in [3.05, 3.63) is 59.2 Å². The molecule has 9 heteroatoms. The molecule has 1 saturated heterocycles. The molecule has 0 aromatic heterocycles. The fraction of sp³-hybridized carbons (Fsp3) is 0.278. The first-order chi connectivity index (χ1) is 12.8. The van der Waals surface area contributed by atoms with Gasteiger partial charge in [-0.2, -0.15) is 4.31 Å². The third kappa shape index (κ3) is 4.00. The Hall–Kier alpha value is -2.36. The number of ether oxygens (including phenoxy) is 1. The van der Waals surface area contributed by atoms with E-state index in [1.807, 2.05) is 0 Å². The third-order valence-electron chi connectivity index (χ3n) is 4.31. The third-order valence-corrected chi connectivity index (χ3v) is 6.20. The standard InChI is InChI=1S/C18H18F2N2O4S/c1-12-15(19)3-2-4-17(12)21-18(23)14-11-13(5-6-16(14)20)27(24,25)22-7-9-26-10-8-22/h2-6,11H,7-10H2,1H3,(H,21,23). The second kappa shape index (κ2) is 7.71. The minimum Gasteiger partial charge on any atom is -0.379 e. The number of anilines is 1. The van der Waals surface area contributed by atoms with Crippen LogP contribution in [0.25, 0.3) is 0 Å². The minimum absolute atomic E-state index is 0.181. The molecule has 2 aromatic rings. The Morgan fingerprint density at radius 3 is 2.52 bits per heavy atom. The zero-order valence-electron chi connectivity index (χ0n) is 14.5. The summed E-state index contributed by atoms with van der Waals surface area (Å²) < 4.78 is 59.5. The van der Waals surface area contributed by atoms with Crippen LogP contribution in [0.5, 0.6) is 0 Å². The van der Waals surface area contributed by atoms with Gasteiger partial charge >= 0.3 is 0 Å². The van der Waals surface area contributed by atoms with Crippen molar-refractivity contribution in [1.82, 2.24) is 4.31 Å². The van der Waals surface area contributed by atoms with Gasteiger partial charge < -0.3 is 10.1 Å². The molecular formula is C18H18F2N2O4S. The lowest BCUT2D eigenvalue weighted by Gasteiger charge is -2.26. The Morgan fingerprint density at radius 2 is 1.81 bits per heavy atom. The van der Waals surface area contributed by atoms with Crippen LogP contribution in [0.2, 0.25) is 0 Å². The maximum atomic E-state index is 14.2. The van der Waals surface area contributed by atoms with E-state index in [4.69, 9.17) is 4.74 Å². The average molecular weight is 396 g/mol. The lowest BCUT2D eigenvalue weighted by atomic mass is 10.1. The van der Waals surface area contributed by atoms with Gasteiger partial charge in [0.05, 0.1) is 23.7 Å². The normalized spacial score (nSPS) is 15.5. The van der Waals surface area contributed by atoms with Crippen molar-refractivity contribution < 1.29 is 26.7 Å². The molecule has 1 aliphatic rings. The monoisotopic (exact) mass is 396 g/mol. The maximum Gasteiger partial charge on any atom is 0.258 e. The van der Waals surface area contributed by atoms with Crippen molar-refractivity contribution in [1.29, 1.82) is 0 Å². The average Bonchev–Trinajstić information content (AvgIpc) is 2.66. The molecule has 1 fully saturated rings. The molecule has 0 bridgehead atoms. The van der Waals surface area contributed by atoms with Crippen molar-refractivity contribution in [3.8, 4) is 0 Å². The number of sulfonamides is 1. The number of morpholine rings is 1. The fourth-order valence-corrected chi connectivity index (χ4v) is 4.14. The summed E-state index contributed by atoms with van der Waals surface area (Å²) in [6.45, 7) is 2.38. The first-order valence-corrected chi connectivity index (χ1v) is 9.68. The molecule has 6 nitrogen and oxygen atoms in total. The van der Waals surface area contributed by atoms with Crippen LogP contribution in [-0.2, 0) is 14.8 Å². The number of halogens is 2. The van der Waals surface area contributed by atoms with Gasteiger partial charge in [0.2, 0.25) is 10.0 Å². The van der Waals surface area contributed by atoms with E-state index < -0.39 is 33.1 Å². The van der Waals surface area contributed by atoms with Crippen LogP contribution in [0.15, 0.2) is 41.3 Å². The number of nitrogens with one attached hydrogen (secondary N) is 1. The van der Waals surface area contributed by atoms with Crippen molar-refractivity contribution in [2.24, 2.45) is 0 Å². The molecule has 1 heterocycles. The van der Waals surface area contributed by atoms with Crippen molar-refractivity contribution in [2.75, 3.05) is 31.6 Å². The van der Waals surface area contributed by atoms with Crippen LogP contribution in [0.3, 0.4) is 0 Å². The second-order valence-corrected chi connectivity index (χ2v) is 7.96. The fourth-order valence-electron chi connectivity index (χ4n) is 2.71. The highest BCUT2D eigenvalue weighted by atomic mass is 32.2. The molecule has 0 spiro atoms. The predicted octanol–water partition coefficient (Wildman–Crippen LogP) is 2.55. The zero-order valence-corrected chi connectivity index (χ0v) is 15.4. The largest absolute Gasteiger partial charge is 0.379 e. The molecule has 0 saturated carbocycles. The minimum atomic E-state index is -3.88. The van der Waals surface area contributed by atoms with Gasteiger partial charge in [-0.3, -0.25) is 4.79 Å². The highest BCUT2D eigenvalue weighted by Gasteiger charge is 2.28. The lowest BCUT2D eigenvalue weighted by molar-refractivity contribution is 0.0730. The van der Waals surface area contributed by atoms with Crippen LogP contribution in [0.1, 0.15) is 15.9 Å². The molecule has 1 aliphatic heterocycles. The Labute approximate surface area is 155 Å². The molecule has 1 amide bonds. The van der Waals surface area contributed by atoms with Crippen molar-refractivity contribution in [3.63, 3.8) is 0 Å². The van der Waals surface area contributed by atoms with E-state index in [0.29, 0.717) is 0 Å². The van der Waals surface area contributed by atoms with E-state index in [1.165, 1.54) is 29.4 Å². The molecule has 0 unspecified atom stereocenters. The first-order valence-electron chi connectivity index (χ1n) is 8.24. The number of amides is 1. The maximum absolute atomic E-state index is 14.2. The summed E-state index contributed by atoms with van der Waals surface area (Å²) >= 11 is 0. The van der Waals surface area contributed by atoms with Crippen LogP contribution >= 0.6 is 0 Å². The summed E-state index contributed by atoms with van der Waals surface area (Å²) in [7, 11) is -3.88. The van der Waals surface area contributed by atoms with Crippen LogP contribution < -0.4 is 5.32 Å². The van der Waals surface area contributed by atoms with Gasteiger partial charge in [0, 0.05) is 24.3 Å². The first kappa shape index (κ1) is 19.4. The van der Waals surface area contributed by atoms with Gasteiger partial charge in [0.15, 0.2) is 0 Å². The summed E-state index contributed by atoms with van der Waals surface area (Å²) in [5, 5.41) is 2.42.